The molecule has 0 spiro atoms. The first-order chi connectivity index (χ1) is 8.29. The Morgan fingerprint density at radius 1 is 1.24 bits per heavy atom. The minimum atomic E-state index is 0.842. The van der Waals surface area contributed by atoms with E-state index in [4.69, 9.17) is 4.74 Å². The van der Waals surface area contributed by atoms with Crippen LogP contribution < -0.4 is 10.1 Å². The molecule has 0 unspecified atom stereocenters. The molecule has 1 saturated carbocycles. The summed E-state index contributed by atoms with van der Waals surface area (Å²) in [4.78, 5) is 0. The molecule has 17 heavy (non-hydrogen) atoms. The molecule has 1 N–H and O–H groups in total. The van der Waals surface area contributed by atoms with Crippen LogP contribution in [0.2, 0.25) is 0 Å². The molecule has 0 bridgehead atoms. The monoisotopic (exact) mass is 233 g/mol. The van der Waals surface area contributed by atoms with Crippen LogP contribution in [-0.4, -0.2) is 13.7 Å². The highest BCUT2D eigenvalue weighted by atomic mass is 16.5. The van der Waals surface area contributed by atoms with Crippen LogP contribution in [0, 0.1) is 12.8 Å². The van der Waals surface area contributed by atoms with Crippen molar-refractivity contribution >= 4 is 5.69 Å². The van der Waals surface area contributed by atoms with E-state index in [1.165, 1.54) is 37.7 Å². The third-order valence-corrected chi connectivity index (χ3v) is 3.66. The van der Waals surface area contributed by atoms with Gasteiger partial charge in [0.2, 0.25) is 0 Å². The summed E-state index contributed by atoms with van der Waals surface area (Å²) >= 11 is 0. The van der Waals surface area contributed by atoms with Crippen LogP contribution in [0.15, 0.2) is 18.2 Å². The zero-order valence-corrected chi connectivity index (χ0v) is 11.0. The van der Waals surface area contributed by atoms with Gasteiger partial charge >= 0.3 is 0 Å². The fraction of sp³-hybridized carbons (Fsp3) is 0.600. The van der Waals surface area contributed by atoms with Gasteiger partial charge in [-0.3, -0.25) is 0 Å². The number of aryl methyl sites for hydroxylation is 1. The van der Waals surface area contributed by atoms with Gasteiger partial charge in [0.05, 0.1) is 12.8 Å². The molecule has 0 aromatic heterocycles. The lowest BCUT2D eigenvalue weighted by atomic mass is 9.89. The molecule has 0 radical (unpaired) electrons. The maximum atomic E-state index is 5.38. The summed E-state index contributed by atoms with van der Waals surface area (Å²) in [6.07, 6.45) is 6.97. The van der Waals surface area contributed by atoms with Crippen LogP contribution in [0.5, 0.6) is 5.75 Å². The van der Waals surface area contributed by atoms with Gasteiger partial charge in [0.15, 0.2) is 0 Å². The van der Waals surface area contributed by atoms with Crippen LogP contribution in [0.1, 0.15) is 37.7 Å². The molecule has 2 heteroatoms. The average molecular weight is 233 g/mol. The SMILES string of the molecule is COc1ccc(C)cc1NCC1CCCCC1. The summed E-state index contributed by atoms with van der Waals surface area (Å²) in [6, 6.07) is 6.30. The number of rotatable bonds is 4. The van der Waals surface area contributed by atoms with Crippen molar-refractivity contribution in [3.05, 3.63) is 23.8 Å². The first-order valence-corrected chi connectivity index (χ1v) is 6.68. The van der Waals surface area contributed by atoms with Crippen molar-refractivity contribution in [2.24, 2.45) is 5.92 Å². The van der Waals surface area contributed by atoms with Crippen molar-refractivity contribution in [2.45, 2.75) is 39.0 Å². The molecule has 94 valence electrons. The van der Waals surface area contributed by atoms with Gasteiger partial charge in [-0.05, 0) is 43.4 Å². The number of nitrogens with one attached hydrogen (secondary N) is 1. The summed E-state index contributed by atoms with van der Waals surface area (Å²) < 4.78 is 5.38. The third-order valence-electron chi connectivity index (χ3n) is 3.66. The maximum absolute atomic E-state index is 5.38. The number of benzene rings is 1. The molecule has 0 heterocycles. The largest absolute Gasteiger partial charge is 0.495 e. The molecule has 1 aromatic carbocycles. The van der Waals surface area contributed by atoms with E-state index in [0.29, 0.717) is 0 Å². The Balaban J connectivity index is 1.95. The molecule has 0 saturated heterocycles. The molecular weight excluding hydrogens is 210 g/mol. The van der Waals surface area contributed by atoms with Crippen molar-refractivity contribution < 1.29 is 4.74 Å². The Hall–Kier alpha value is -1.18. The zero-order chi connectivity index (χ0) is 12.1. The van der Waals surface area contributed by atoms with E-state index in [1.807, 2.05) is 6.07 Å². The first kappa shape index (κ1) is 12.3. The van der Waals surface area contributed by atoms with Gasteiger partial charge in [-0.15, -0.1) is 0 Å². The zero-order valence-electron chi connectivity index (χ0n) is 11.0. The van der Waals surface area contributed by atoms with Gasteiger partial charge in [0.1, 0.15) is 5.75 Å². The second-order valence-electron chi connectivity index (χ2n) is 5.09. The molecular formula is C15H23NO. The summed E-state index contributed by atoms with van der Waals surface area (Å²) in [5.74, 6) is 1.79. The van der Waals surface area contributed by atoms with Crippen molar-refractivity contribution in [1.82, 2.24) is 0 Å². The normalized spacial score (nSPS) is 16.8. The lowest BCUT2D eigenvalue weighted by Crippen LogP contribution is -2.17. The van der Waals surface area contributed by atoms with Gasteiger partial charge < -0.3 is 10.1 Å². The molecule has 1 aromatic rings. The number of methoxy groups -OCH3 is 1. The smallest absolute Gasteiger partial charge is 0.141 e. The molecule has 1 aliphatic carbocycles. The van der Waals surface area contributed by atoms with E-state index in [9.17, 15) is 0 Å². The molecule has 1 aliphatic rings. The van der Waals surface area contributed by atoms with Gasteiger partial charge in [0, 0.05) is 6.54 Å². The van der Waals surface area contributed by atoms with Gasteiger partial charge in [-0.2, -0.15) is 0 Å². The second-order valence-corrected chi connectivity index (χ2v) is 5.09. The van der Waals surface area contributed by atoms with Crippen molar-refractivity contribution in [1.29, 1.82) is 0 Å². The molecule has 2 nitrogen and oxygen atoms in total. The molecule has 1 fully saturated rings. The van der Waals surface area contributed by atoms with Crippen molar-refractivity contribution in [3.8, 4) is 5.75 Å². The van der Waals surface area contributed by atoms with E-state index in [0.717, 1.165) is 23.9 Å². The summed E-state index contributed by atoms with van der Waals surface area (Å²) in [6.45, 7) is 3.20. The van der Waals surface area contributed by atoms with Crippen LogP contribution in [-0.2, 0) is 0 Å². The van der Waals surface area contributed by atoms with Gasteiger partial charge in [-0.1, -0.05) is 25.3 Å². The van der Waals surface area contributed by atoms with Crippen molar-refractivity contribution in [3.63, 3.8) is 0 Å². The van der Waals surface area contributed by atoms with Crippen molar-refractivity contribution in [2.75, 3.05) is 19.0 Å². The predicted molar refractivity (Wildman–Crippen MR) is 72.8 cm³/mol. The minimum absolute atomic E-state index is 0.842. The van der Waals surface area contributed by atoms with E-state index >= 15 is 0 Å². The molecule has 2 rings (SSSR count). The number of hydrogen-bond acceptors (Lipinski definition) is 2. The number of hydrogen-bond donors (Lipinski definition) is 1. The van der Waals surface area contributed by atoms with Crippen LogP contribution >= 0.6 is 0 Å². The molecule has 0 atom stereocenters. The Labute approximate surface area is 104 Å². The minimum Gasteiger partial charge on any atom is -0.495 e. The fourth-order valence-electron chi connectivity index (χ4n) is 2.61. The van der Waals surface area contributed by atoms with E-state index in [2.05, 4.69) is 24.4 Å². The molecule has 0 aliphatic heterocycles. The van der Waals surface area contributed by atoms with E-state index in [-0.39, 0.29) is 0 Å². The summed E-state index contributed by atoms with van der Waals surface area (Å²) in [7, 11) is 1.73. The topological polar surface area (TPSA) is 21.3 Å². The Morgan fingerprint density at radius 3 is 2.71 bits per heavy atom. The standard InChI is InChI=1S/C15H23NO/c1-12-8-9-15(17-2)14(10-12)16-11-13-6-4-3-5-7-13/h8-10,13,16H,3-7,11H2,1-2H3. The average Bonchev–Trinajstić information content (AvgIpc) is 2.38. The second kappa shape index (κ2) is 5.95. The van der Waals surface area contributed by atoms with Crippen LogP contribution in [0.3, 0.4) is 0 Å². The number of ether oxygens (including phenoxy) is 1. The summed E-state index contributed by atoms with van der Waals surface area (Å²) in [5.41, 5.74) is 2.41. The quantitative estimate of drug-likeness (QED) is 0.848. The maximum Gasteiger partial charge on any atom is 0.141 e. The Morgan fingerprint density at radius 2 is 2.00 bits per heavy atom. The summed E-state index contributed by atoms with van der Waals surface area (Å²) in [5, 5.41) is 3.55. The lowest BCUT2D eigenvalue weighted by molar-refractivity contribution is 0.372. The highest BCUT2D eigenvalue weighted by molar-refractivity contribution is 5.57. The van der Waals surface area contributed by atoms with E-state index < -0.39 is 0 Å². The number of anilines is 1. The van der Waals surface area contributed by atoms with Crippen LogP contribution in [0.25, 0.3) is 0 Å². The van der Waals surface area contributed by atoms with Gasteiger partial charge in [0.25, 0.3) is 0 Å². The fourth-order valence-corrected chi connectivity index (χ4v) is 2.61. The highest BCUT2D eigenvalue weighted by Crippen LogP contribution is 2.28. The first-order valence-electron chi connectivity index (χ1n) is 6.68. The lowest BCUT2D eigenvalue weighted by Gasteiger charge is -2.23. The van der Waals surface area contributed by atoms with Gasteiger partial charge in [-0.25, -0.2) is 0 Å². The molecule has 0 amide bonds. The third kappa shape index (κ3) is 3.39. The van der Waals surface area contributed by atoms with Crippen LogP contribution in [0.4, 0.5) is 5.69 Å². The highest BCUT2D eigenvalue weighted by Gasteiger charge is 2.13. The van der Waals surface area contributed by atoms with E-state index in [1.54, 1.807) is 7.11 Å². The predicted octanol–water partition coefficient (Wildman–Crippen LogP) is 4.00. The Bertz CT molecular complexity index is 356. The Kier molecular flexibility index (Phi) is 4.29.